The van der Waals surface area contributed by atoms with Gasteiger partial charge in [-0.2, -0.15) is 0 Å². The van der Waals surface area contributed by atoms with Crippen molar-refractivity contribution in [1.29, 1.82) is 0 Å². The summed E-state index contributed by atoms with van der Waals surface area (Å²) in [6.45, 7) is 0.380. The molecular formula is C15H18O3. The summed E-state index contributed by atoms with van der Waals surface area (Å²) in [5.74, 6) is 1.32. The minimum Gasteiger partial charge on any atom is -0.497 e. The van der Waals surface area contributed by atoms with Crippen LogP contribution in [-0.2, 0) is 16.0 Å². The molecule has 2 rings (SSSR count). The number of ether oxygens (including phenoxy) is 2. The standard InChI is InChI=1S/C15H18O3/c1-17-14-8-6-13(7-9-14)11-15(16)18-10-2-3-12-4-5-12/h2-3,6-9,12H,4-5,10-11H2,1H3/b3-2+. The molecule has 3 nitrogen and oxygen atoms in total. The molecule has 1 fully saturated rings. The molecule has 1 aliphatic rings. The molecule has 0 aliphatic heterocycles. The van der Waals surface area contributed by atoms with Crippen LogP contribution in [0, 0.1) is 5.92 Å². The topological polar surface area (TPSA) is 35.5 Å². The third-order valence-corrected chi connectivity index (χ3v) is 2.88. The van der Waals surface area contributed by atoms with Gasteiger partial charge in [0.05, 0.1) is 13.5 Å². The monoisotopic (exact) mass is 246 g/mol. The Morgan fingerprint density at radius 2 is 2.06 bits per heavy atom. The van der Waals surface area contributed by atoms with Crippen LogP contribution < -0.4 is 4.74 Å². The Kier molecular flexibility index (Phi) is 4.40. The van der Waals surface area contributed by atoms with Gasteiger partial charge in [0.1, 0.15) is 12.4 Å². The van der Waals surface area contributed by atoms with Gasteiger partial charge in [0, 0.05) is 0 Å². The van der Waals surface area contributed by atoms with E-state index in [9.17, 15) is 4.79 Å². The van der Waals surface area contributed by atoms with Crippen molar-refractivity contribution in [2.45, 2.75) is 19.3 Å². The Morgan fingerprint density at radius 3 is 2.67 bits per heavy atom. The maximum atomic E-state index is 11.5. The predicted octanol–water partition coefficient (Wildman–Crippen LogP) is 2.75. The summed E-state index contributed by atoms with van der Waals surface area (Å²) in [4.78, 5) is 11.5. The molecule has 1 saturated carbocycles. The first-order chi connectivity index (χ1) is 8.78. The highest BCUT2D eigenvalue weighted by atomic mass is 16.5. The third-order valence-electron chi connectivity index (χ3n) is 2.88. The van der Waals surface area contributed by atoms with Crippen molar-refractivity contribution in [2.75, 3.05) is 13.7 Å². The van der Waals surface area contributed by atoms with Gasteiger partial charge in [0.2, 0.25) is 0 Å². The number of carbonyl (C=O) groups excluding carboxylic acids is 1. The summed E-state index contributed by atoms with van der Waals surface area (Å²) in [7, 11) is 1.62. The molecule has 0 bridgehead atoms. The normalized spacial score (nSPS) is 14.7. The molecule has 0 unspecified atom stereocenters. The first-order valence-electron chi connectivity index (χ1n) is 6.23. The Hall–Kier alpha value is -1.77. The van der Waals surface area contributed by atoms with Crippen LogP contribution in [0.5, 0.6) is 5.75 Å². The molecule has 0 radical (unpaired) electrons. The maximum absolute atomic E-state index is 11.5. The molecule has 0 N–H and O–H groups in total. The Labute approximate surface area is 107 Å². The van der Waals surface area contributed by atoms with Crippen molar-refractivity contribution in [3.05, 3.63) is 42.0 Å². The molecule has 1 aromatic carbocycles. The van der Waals surface area contributed by atoms with Gasteiger partial charge in [0.15, 0.2) is 0 Å². The Bertz CT molecular complexity index is 416. The second-order valence-electron chi connectivity index (χ2n) is 4.47. The Morgan fingerprint density at radius 1 is 1.33 bits per heavy atom. The predicted molar refractivity (Wildman–Crippen MR) is 69.5 cm³/mol. The van der Waals surface area contributed by atoms with Gasteiger partial charge in [0.25, 0.3) is 0 Å². The summed E-state index contributed by atoms with van der Waals surface area (Å²) >= 11 is 0. The molecule has 1 aliphatic carbocycles. The number of methoxy groups -OCH3 is 1. The van der Waals surface area contributed by atoms with Crippen molar-refractivity contribution in [3.8, 4) is 5.75 Å². The fourth-order valence-electron chi connectivity index (χ4n) is 1.64. The number of carbonyl (C=O) groups is 1. The van der Waals surface area contributed by atoms with Crippen molar-refractivity contribution in [1.82, 2.24) is 0 Å². The first kappa shape index (κ1) is 12.7. The minimum atomic E-state index is -0.194. The van der Waals surface area contributed by atoms with E-state index in [1.807, 2.05) is 30.3 Å². The second-order valence-corrected chi connectivity index (χ2v) is 4.47. The lowest BCUT2D eigenvalue weighted by Gasteiger charge is -2.03. The van der Waals surface area contributed by atoms with E-state index in [1.54, 1.807) is 7.11 Å². The summed E-state index contributed by atoms with van der Waals surface area (Å²) in [6, 6.07) is 7.44. The van der Waals surface area contributed by atoms with Crippen LogP contribution in [0.25, 0.3) is 0 Å². The maximum Gasteiger partial charge on any atom is 0.310 e. The van der Waals surface area contributed by atoms with Crippen molar-refractivity contribution >= 4 is 5.97 Å². The van der Waals surface area contributed by atoms with E-state index in [2.05, 4.69) is 6.08 Å². The largest absolute Gasteiger partial charge is 0.497 e. The molecule has 0 aromatic heterocycles. The van der Waals surface area contributed by atoms with Crippen LogP contribution in [0.1, 0.15) is 18.4 Å². The zero-order valence-electron chi connectivity index (χ0n) is 10.6. The van der Waals surface area contributed by atoms with E-state index in [0.717, 1.165) is 17.2 Å². The lowest BCUT2D eigenvalue weighted by Crippen LogP contribution is -2.07. The Balaban J connectivity index is 1.71. The van der Waals surface area contributed by atoms with Gasteiger partial charge in [-0.1, -0.05) is 24.3 Å². The number of rotatable bonds is 6. The van der Waals surface area contributed by atoms with Crippen molar-refractivity contribution < 1.29 is 14.3 Å². The highest BCUT2D eigenvalue weighted by Gasteiger charge is 2.16. The van der Waals surface area contributed by atoms with E-state index in [4.69, 9.17) is 9.47 Å². The average molecular weight is 246 g/mol. The number of allylic oxidation sites excluding steroid dienone is 1. The smallest absolute Gasteiger partial charge is 0.310 e. The molecule has 1 aromatic rings. The molecule has 0 amide bonds. The molecule has 3 heteroatoms. The van der Waals surface area contributed by atoms with E-state index < -0.39 is 0 Å². The van der Waals surface area contributed by atoms with E-state index in [-0.39, 0.29) is 5.97 Å². The SMILES string of the molecule is COc1ccc(CC(=O)OC/C=C/C2CC2)cc1. The highest BCUT2D eigenvalue weighted by molar-refractivity contribution is 5.72. The van der Waals surface area contributed by atoms with E-state index >= 15 is 0 Å². The molecule has 0 heterocycles. The fraction of sp³-hybridized carbons (Fsp3) is 0.400. The molecular weight excluding hydrogens is 228 g/mol. The van der Waals surface area contributed by atoms with Crippen LogP contribution in [0.2, 0.25) is 0 Å². The van der Waals surface area contributed by atoms with Crippen LogP contribution in [0.15, 0.2) is 36.4 Å². The van der Waals surface area contributed by atoms with E-state index in [0.29, 0.717) is 13.0 Å². The first-order valence-corrected chi connectivity index (χ1v) is 6.23. The molecule has 0 spiro atoms. The third kappa shape index (κ3) is 4.24. The van der Waals surface area contributed by atoms with Crippen LogP contribution in [0.4, 0.5) is 0 Å². The lowest BCUT2D eigenvalue weighted by atomic mass is 10.1. The summed E-state index contributed by atoms with van der Waals surface area (Å²) < 4.78 is 10.2. The van der Waals surface area contributed by atoms with Crippen LogP contribution in [0.3, 0.4) is 0 Å². The van der Waals surface area contributed by atoms with Gasteiger partial charge in [-0.3, -0.25) is 4.79 Å². The summed E-state index contributed by atoms with van der Waals surface area (Å²) in [6.07, 6.45) is 6.91. The summed E-state index contributed by atoms with van der Waals surface area (Å²) in [5.41, 5.74) is 0.937. The molecule has 18 heavy (non-hydrogen) atoms. The second kappa shape index (κ2) is 6.24. The zero-order chi connectivity index (χ0) is 12.8. The van der Waals surface area contributed by atoms with Gasteiger partial charge in [-0.15, -0.1) is 0 Å². The lowest BCUT2D eigenvalue weighted by molar-refractivity contribution is -0.141. The summed E-state index contributed by atoms with van der Waals surface area (Å²) in [5, 5.41) is 0. The number of benzene rings is 1. The average Bonchev–Trinajstić information content (AvgIpc) is 3.20. The number of hydrogen-bond acceptors (Lipinski definition) is 3. The molecule has 96 valence electrons. The highest BCUT2D eigenvalue weighted by Crippen LogP contribution is 2.29. The van der Waals surface area contributed by atoms with Crippen LogP contribution in [-0.4, -0.2) is 19.7 Å². The number of esters is 1. The van der Waals surface area contributed by atoms with Gasteiger partial charge >= 0.3 is 5.97 Å². The van der Waals surface area contributed by atoms with Crippen molar-refractivity contribution in [3.63, 3.8) is 0 Å². The zero-order valence-corrected chi connectivity index (χ0v) is 10.6. The minimum absolute atomic E-state index is 0.194. The van der Waals surface area contributed by atoms with Gasteiger partial charge in [-0.05, 0) is 36.5 Å². The number of hydrogen-bond donors (Lipinski definition) is 0. The molecule has 0 saturated heterocycles. The van der Waals surface area contributed by atoms with E-state index in [1.165, 1.54) is 12.8 Å². The van der Waals surface area contributed by atoms with Crippen LogP contribution >= 0.6 is 0 Å². The van der Waals surface area contributed by atoms with Gasteiger partial charge < -0.3 is 9.47 Å². The fourth-order valence-corrected chi connectivity index (χ4v) is 1.64. The van der Waals surface area contributed by atoms with Gasteiger partial charge in [-0.25, -0.2) is 0 Å². The molecule has 0 atom stereocenters. The quantitative estimate of drug-likeness (QED) is 0.572. The van der Waals surface area contributed by atoms with Crippen molar-refractivity contribution in [2.24, 2.45) is 5.92 Å².